The number of esters is 1. The highest BCUT2D eigenvalue weighted by atomic mass is 16.6. The molecule has 0 fully saturated rings. The second-order valence-electron chi connectivity index (χ2n) is 8.78. The minimum Gasteiger partial charge on any atom is -0.481 e. The number of rotatable bonds is 18. The maximum atomic E-state index is 11.6. The van der Waals surface area contributed by atoms with Crippen LogP contribution >= 0.6 is 0 Å². The van der Waals surface area contributed by atoms with Crippen molar-refractivity contribution in [2.24, 2.45) is 0 Å². The van der Waals surface area contributed by atoms with Gasteiger partial charge in [-0.25, -0.2) is 0 Å². The van der Waals surface area contributed by atoms with Gasteiger partial charge in [-0.1, -0.05) is 83.5 Å². The van der Waals surface area contributed by atoms with E-state index in [1.165, 1.54) is 70.6 Å². The molecule has 0 amide bonds. The van der Waals surface area contributed by atoms with Crippen LogP contribution in [0.3, 0.4) is 0 Å². The summed E-state index contributed by atoms with van der Waals surface area (Å²) in [6.07, 6.45) is 19.1. The first-order valence-electron chi connectivity index (χ1n) is 11.2. The van der Waals surface area contributed by atoms with Crippen LogP contribution in [-0.2, 0) is 14.3 Å². The van der Waals surface area contributed by atoms with E-state index in [9.17, 15) is 9.59 Å². The molecule has 0 aliphatic heterocycles. The molecule has 160 valence electrons. The topological polar surface area (TPSA) is 63.6 Å². The molecule has 4 nitrogen and oxygen atoms in total. The molecule has 0 aromatic heterocycles. The number of hydrogen-bond donors (Lipinski definition) is 1. The highest BCUT2D eigenvalue weighted by Crippen LogP contribution is 2.15. The first-order chi connectivity index (χ1) is 12.8. The van der Waals surface area contributed by atoms with Crippen LogP contribution in [0.4, 0.5) is 0 Å². The molecule has 4 heteroatoms. The van der Waals surface area contributed by atoms with Crippen LogP contribution in [0.25, 0.3) is 0 Å². The zero-order chi connectivity index (χ0) is 20.4. The Labute approximate surface area is 167 Å². The number of carboxylic acid groups (broad SMARTS) is 1. The maximum Gasteiger partial charge on any atom is 0.306 e. The molecule has 0 spiro atoms. The van der Waals surface area contributed by atoms with Gasteiger partial charge >= 0.3 is 11.9 Å². The standard InChI is InChI=1S/C23H44O4/c1-23(2,3)27-22(26)20-18-16-14-12-10-8-6-4-5-7-9-11-13-15-17-19-21(24)25/h4-20H2,1-3H3,(H,24,25). The molecule has 0 aliphatic carbocycles. The second-order valence-corrected chi connectivity index (χ2v) is 8.78. The molecule has 0 aromatic carbocycles. The van der Waals surface area contributed by atoms with Gasteiger partial charge in [-0.2, -0.15) is 0 Å². The summed E-state index contributed by atoms with van der Waals surface area (Å²) in [5.74, 6) is -0.737. The molecule has 0 rings (SSSR count). The monoisotopic (exact) mass is 384 g/mol. The van der Waals surface area contributed by atoms with Crippen molar-refractivity contribution in [1.29, 1.82) is 0 Å². The zero-order valence-corrected chi connectivity index (χ0v) is 18.2. The summed E-state index contributed by atoms with van der Waals surface area (Å²) in [7, 11) is 0. The van der Waals surface area contributed by atoms with E-state index in [1.54, 1.807) is 0 Å². The van der Waals surface area contributed by atoms with Crippen LogP contribution in [0.2, 0.25) is 0 Å². The lowest BCUT2D eigenvalue weighted by atomic mass is 10.0. The van der Waals surface area contributed by atoms with Crippen LogP contribution in [-0.4, -0.2) is 22.6 Å². The van der Waals surface area contributed by atoms with Gasteiger partial charge in [0.2, 0.25) is 0 Å². The van der Waals surface area contributed by atoms with E-state index in [-0.39, 0.29) is 11.6 Å². The van der Waals surface area contributed by atoms with E-state index in [1.807, 2.05) is 20.8 Å². The third-order valence-electron chi connectivity index (χ3n) is 4.69. The molecule has 0 aliphatic rings. The SMILES string of the molecule is CC(C)(C)OC(=O)CCCCCCCCCCCCCCCCCC(=O)O. The van der Waals surface area contributed by atoms with Crippen LogP contribution in [0.5, 0.6) is 0 Å². The Bertz CT molecular complexity index is 371. The van der Waals surface area contributed by atoms with Crippen molar-refractivity contribution in [2.75, 3.05) is 0 Å². The van der Waals surface area contributed by atoms with Gasteiger partial charge in [-0.05, 0) is 33.6 Å². The van der Waals surface area contributed by atoms with E-state index in [0.29, 0.717) is 12.8 Å². The third-order valence-corrected chi connectivity index (χ3v) is 4.69. The first-order valence-corrected chi connectivity index (χ1v) is 11.2. The van der Waals surface area contributed by atoms with Crippen molar-refractivity contribution in [2.45, 2.75) is 136 Å². The van der Waals surface area contributed by atoms with E-state index in [0.717, 1.165) is 25.7 Å². The number of carboxylic acids is 1. The van der Waals surface area contributed by atoms with Gasteiger partial charge in [0.25, 0.3) is 0 Å². The van der Waals surface area contributed by atoms with Gasteiger partial charge in [-0.3, -0.25) is 9.59 Å². The minimum atomic E-state index is -0.671. The van der Waals surface area contributed by atoms with E-state index < -0.39 is 5.97 Å². The molecule has 0 unspecified atom stereocenters. The van der Waals surface area contributed by atoms with Gasteiger partial charge in [-0.15, -0.1) is 0 Å². The predicted molar refractivity (Wildman–Crippen MR) is 112 cm³/mol. The number of aliphatic carboxylic acids is 1. The van der Waals surface area contributed by atoms with Gasteiger partial charge < -0.3 is 9.84 Å². The van der Waals surface area contributed by atoms with Crippen molar-refractivity contribution >= 4 is 11.9 Å². The van der Waals surface area contributed by atoms with Crippen LogP contribution < -0.4 is 0 Å². The second kappa shape index (κ2) is 17.1. The summed E-state index contributed by atoms with van der Waals surface area (Å²) in [6.45, 7) is 5.74. The van der Waals surface area contributed by atoms with Crippen molar-refractivity contribution in [3.63, 3.8) is 0 Å². The molecule has 1 N–H and O–H groups in total. The number of carbonyl (C=O) groups is 2. The lowest BCUT2D eigenvalue weighted by molar-refractivity contribution is -0.155. The smallest absolute Gasteiger partial charge is 0.306 e. The van der Waals surface area contributed by atoms with Gasteiger partial charge in [0.05, 0.1) is 0 Å². The number of ether oxygens (including phenoxy) is 1. The van der Waals surface area contributed by atoms with E-state index in [4.69, 9.17) is 9.84 Å². The summed E-state index contributed by atoms with van der Waals surface area (Å²) in [6, 6.07) is 0. The molecule has 0 aromatic rings. The highest BCUT2D eigenvalue weighted by molar-refractivity contribution is 5.69. The lowest BCUT2D eigenvalue weighted by Crippen LogP contribution is -2.23. The zero-order valence-electron chi connectivity index (χ0n) is 18.2. The third kappa shape index (κ3) is 22.9. The summed E-state index contributed by atoms with van der Waals surface area (Å²) in [5, 5.41) is 8.57. The highest BCUT2D eigenvalue weighted by Gasteiger charge is 2.15. The molecule has 0 atom stereocenters. The average Bonchev–Trinajstić information content (AvgIpc) is 2.55. The van der Waals surface area contributed by atoms with Gasteiger partial charge in [0.1, 0.15) is 5.60 Å². The van der Waals surface area contributed by atoms with Crippen LogP contribution in [0.15, 0.2) is 0 Å². The van der Waals surface area contributed by atoms with Crippen molar-refractivity contribution < 1.29 is 19.4 Å². The largest absolute Gasteiger partial charge is 0.481 e. The molecular formula is C23H44O4. The molecular weight excluding hydrogens is 340 g/mol. The summed E-state index contributed by atoms with van der Waals surface area (Å²) >= 11 is 0. The van der Waals surface area contributed by atoms with Gasteiger partial charge in [0.15, 0.2) is 0 Å². The molecule has 0 bridgehead atoms. The van der Waals surface area contributed by atoms with Crippen molar-refractivity contribution in [1.82, 2.24) is 0 Å². The quantitative estimate of drug-likeness (QED) is 0.203. The van der Waals surface area contributed by atoms with Gasteiger partial charge in [0, 0.05) is 12.8 Å². The van der Waals surface area contributed by atoms with Crippen molar-refractivity contribution in [3.8, 4) is 0 Å². The maximum absolute atomic E-state index is 11.6. The molecule has 0 heterocycles. The fourth-order valence-corrected chi connectivity index (χ4v) is 3.24. The Morgan fingerprint density at radius 1 is 0.593 bits per heavy atom. The molecule has 0 saturated heterocycles. The normalized spacial score (nSPS) is 11.5. The van der Waals surface area contributed by atoms with Crippen LogP contribution in [0, 0.1) is 0 Å². The molecule has 0 radical (unpaired) electrons. The summed E-state index contributed by atoms with van der Waals surface area (Å²) in [4.78, 5) is 22.0. The average molecular weight is 385 g/mol. The molecule has 27 heavy (non-hydrogen) atoms. The Kier molecular flexibility index (Phi) is 16.4. The molecule has 0 saturated carbocycles. The summed E-state index contributed by atoms with van der Waals surface area (Å²) < 4.78 is 5.31. The Morgan fingerprint density at radius 2 is 0.889 bits per heavy atom. The fourth-order valence-electron chi connectivity index (χ4n) is 3.24. The fraction of sp³-hybridized carbons (Fsp3) is 0.913. The minimum absolute atomic E-state index is 0.0669. The van der Waals surface area contributed by atoms with E-state index >= 15 is 0 Å². The summed E-state index contributed by atoms with van der Waals surface area (Å²) in [5.41, 5.74) is -0.362. The first kappa shape index (κ1) is 25.9. The number of carbonyl (C=O) groups excluding carboxylic acids is 1. The Morgan fingerprint density at radius 3 is 1.19 bits per heavy atom. The lowest BCUT2D eigenvalue weighted by Gasteiger charge is -2.19. The van der Waals surface area contributed by atoms with Crippen LogP contribution in [0.1, 0.15) is 130 Å². The predicted octanol–water partition coefficient (Wildman–Crippen LogP) is 7.04. The van der Waals surface area contributed by atoms with Crippen molar-refractivity contribution in [3.05, 3.63) is 0 Å². The number of hydrogen-bond acceptors (Lipinski definition) is 3. The van der Waals surface area contributed by atoms with E-state index in [2.05, 4.69) is 0 Å². The number of unbranched alkanes of at least 4 members (excludes halogenated alkanes) is 14. The Hall–Kier alpha value is -1.06. The Balaban J connectivity index is 3.15.